The van der Waals surface area contributed by atoms with Crippen LogP contribution in [0.5, 0.6) is 5.75 Å². The second kappa shape index (κ2) is 3.87. The van der Waals surface area contributed by atoms with E-state index < -0.39 is 17.4 Å². The Bertz CT molecular complexity index is 333. The summed E-state index contributed by atoms with van der Waals surface area (Å²) >= 11 is 5.37. The Hall–Kier alpha value is -0.910. The molecule has 72 valence electrons. The van der Waals surface area contributed by atoms with E-state index >= 15 is 0 Å². The van der Waals surface area contributed by atoms with Crippen LogP contribution in [0.2, 0.25) is 5.02 Å². The summed E-state index contributed by atoms with van der Waals surface area (Å²) in [7, 11) is 0. The van der Waals surface area contributed by atoms with Gasteiger partial charge in [-0.25, -0.2) is 10.3 Å². The largest absolute Gasteiger partial charge is 0.504 e. The van der Waals surface area contributed by atoms with Crippen molar-refractivity contribution in [2.75, 3.05) is 0 Å². The summed E-state index contributed by atoms with van der Waals surface area (Å²) in [6.45, 7) is -0.317. The van der Waals surface area contributed by atoms with Crippen LogP contribution in [0.25, 0.3) is 0 Å². The van der Waals surface area contributed by atoms with Crippen molar-refractivity contribution in [3.05, 3.63) is 28.3 Å². The highest BCUT2D eigenvalue weighted by Crippen LogP contribution is 2.30. The predicted molar refractivity (Wildman–Crippen MR) is 42.0 cm³/mol. The lowest BCUT2D eigenvalue weighted by atomic mass is 10.2. The third-order valence-electron chi connectivity index (χ3n) is 1.45. The highest BCUT2D eigenvalue weighted by molar-refractivity contribution is 6.32. The van der Waals surface area contributed by atoms with Gasteiger partial charge in [-0.3, -0.25) is 4.84 Å². The summed E-state index contributed by atoms with van der Waals surface area (Å²) in [5.74, 6) is 1.14. The minimum Gasteiger partial charge on any atom is -0.504 e. The van der Waals surface area contributed by atoms with Crippen molar-refractivity contribution in [3.8, 4) is 5.75 Å². The summed E-state index contributed by atoms with van der Waals surface area (Å²) in [5, 5.41) is 8.57. The van der Waals surface area contributed by atoms with Gasteiger partial charge in [-0.15, -0.1) is 0 Å². The van der Waals surface area contributed by atoms with Crippen LogP contribution in [0.3, 0.4) is 0 Å². The van der Waals surface area contributed by atoms with Crippen molar-refractivity contribution < 1.29 is 18.7 Å². The van der Waals surface area contributed by atoms with Crippen LogP contribution in [0.1, 0.15) is 5.56 Å². The molecule has 6 heteroatoms. The molecule has 0 fully saturated rings. The van der Waals surface area contributed by atoms with Crippen molar-refractivity contribution in [1.82, 2.24) is 0 Å². The van der Waals surface area contributed by atoms with Gasteiger partial charge in [0.2, 0.25) is 5.82 Å². The molecule has 0 amide bonds. The molecule has 0 aromatic heterocycles. The topological polar surface area (TPSA) is 55.5 Å². The molecule has 0 radical (unpaired) electrons. The first-order valence-corrected chi connectivity index (χ1v) is 3.62. The molecule has 1 aromatic carbocycles. The van der Waals surface area contributed by atoms with Gasteiger partial charge in [0, 0.05) is 5.56 Å². The molecule has 1 aromatic rings. The molecule has 13 heavy (non-hydrogen) atoms. The zero-order valence-electron chi connectivity index (χ0n) is 6.35. The van der Waals surface area contributed by atoms with Crippen molar-refractivity contribution in [1.29, 1.82) is 0 Å². The maximum Gasteiger partial charge on any atom is 0.202 e. The molecule has 3 N–H and O–H groups in total. The number of rotatable bonds is 2. The number of nitrogens with two attached hydrogens (primary N) is 1. The number of halogens is 3. The van der Waals surface area contributed by atoms with Gasteiger partial charge in [-0.2, -0.15) is 4.39 Å². The Morgan fingerprint density at radius 1 is 1.46 bits per heavy atom. The molecule has 0 unspecified atom stereocenters. The lowest BCUT2D eigenvalue weighted by Crippen LogP contribution is -2.03. The van der Waals surface area contributed by atoms with E-state index in [-0.39, 0.29) is 17.2 Å². The molecule has 0 heterocycles. The number of phenolic OH excluding ortho intramolecular Hbond substituents is 1. The van der Waals surface area contributed by atoms with Crippen LogP contribution < -0.4 is 5.90 Å². The highest BCUT2D eigenvalue weighted by atomic mass is 35.5. The molecular weight excluding hydrogens is 204 g/mol. The van der Waals surface area contributed by atoms with Crippen molar-refractivity contribution in [2.45, 2.75) is 6.61 Å². The molecule has 0 saturated heterocycles. The van der Waals surface area contributed by atoms with Crippen LogP contribution in [0, 0.1) is 11.6 Å². The standard InChI is InChI=1S/C7H6ClF2NO2/c8-4-1-3(2-13-11)5(9)6(10)7(4)12/h1,12H,2,11H2. The van der Waals surface area contributed by atoms with Crippen LogP contribution in [0.4, 0.5) is 8.78 Å². The third kappa shape index (κ3) is 1.88. The van der Waals surface area contributed by atoms with Crippen molar-refractivity contribution in [3.63, 3.8) is 0 Å². The fourth-order valence-corrected chi connectivity index (χ4v) is 1.04. The van der Waals surface area contributed by atoms with Gasteiger partial charge >= 0.3 is 0 Å². The zero-order valence-corrected chi connectivity index (χ0v) is 7.11. The first-order valence-electron chi connectivity index (χ1n) is 3.25. The van der Waals surface area contributed by atoms with Crippen LogP contribution in [0.15, 0.2) is 6.07 Å². The third-order valence-corrected chi connectivity index (χ3v) is 1.74. The molecular formula is C7H6ClF2NO2. The molecule has 0 bridgehead atoms. The maximum absolute atomic E-state index is 12.9. The summed E-state index contributed by atoms with van der Waals surface area (Å²) in [5.41, 5.74) is -0.150. The van der Waals surface area contributed by atoms with E-state index in [0.29, 0.717) is 0 Å². The van der Waals surface area contributed by atoms with E-state index in [4.69, 9.17) is 16.7 Å². The Kier molecular flexibility index (Phi) is 3.02. The van der Waals surface area contributed by atoms with Crippen molar-refractivity contribution in [2.24, 2.45) is 5.90 Å². The van der Waals surface area contributed by atoms with Gasteiger partial charge in [-0.05, 0) is 6.07 Å². The molecule has 1 rings (SSSR count). The average molecular weight is 210 g/mol. The van der Waals surface area contributed by atoms with Gasteiger partial charge in [0.25, 0.3) is 0 Å². The lowest BCUT2D eigenvalue weighted by Gasteiger charge is -2.05. The quantitative estimate of drug-likeness (QED) is 0.576. The molecule has 0 aliphatic carbocycles. The Morgan fingerprint density at radius 3 is 2.62 bits per heavy atom. The fraction of sp³-hybridized carbons (Fsp3) is 0.143. The number of hydrogen-bond acceptors (Lipinski definition) is 3. The summed E-state index contributed by atoms with van der Waals surface area (Å²) in [4.78, 5) is 4.11. The maximum atomic E-state index is 12.9. The molecule has 0 aliphatic rings. The first-order chi connectivity index (χ1) is 6.07. The Labute approximate surface area is 77.6 Å². The van der Waals surface area contributed by atoms with E-state index in [2.05, 4.69) is 10.7 Å². The fourth-order valence-electron chi connectivity index (χ4n) is 0.829. The smallest absolute Gasteiger partial charge is 0.202 e. The molecule has 3 nitrogen and oxygen atoms in total. The zero-order chi connectivity index (χ0) is 10.0. The SMILES string of the molecule is NOCc1cc(Cl)c(O)c(F)c1F. The lowest BCUT2D eigenvalue weighted by molar-refractivity contribution is 0.121. The van der Waals surface area contributed by atoms with Gasteiger partial charge in [0.05, 0.1) is 11.6 Å². The second-order valence-electron chi connectivity index (χ2n) is 2.31. The predicted octanol–water partition coefficient (Wildman–Crippen LogP) is 1.71. The van der Waals surface area contributed by atoms with E-state index in [1.54, 1.807) is 0 Å². The molecule has 0 atom stereocenters. The number of hydrogen-bond donors (Lipinski definition) is 2. The van der Waals surface area contributed by atoms with E-state index in [1.807, 2.05) is 0 Å². The number of aromatic hydroxyl groups is 1. The Morgan fingerprint density at radius 2 is 2.08 bits per heavy atom. The second-order valence-corrected chi connectivity index (χ2v) is 2.71. The van der Waals surface area contributed by atoms with Crippen LogP contribution in [-0.2, 0) is 11.4 Å². The van der Waals surface area contributed by atoms with E-state index in [9.17, 15) is 8.78 Å². The molecule has 0 spiro atoms. The average Bonchev–Trinajstić information content (AvgIpc) is 2.11. The minimum absolute atomic E-state index is 0.150. The Balaban J connectivity index is 3.24. The van der Waals surface area contributed by atoms with Gasteiger partial charge in [-0.1, -0.05) is 11.6 Å². The number of benzene rings is 1. The first kappa shape index (κ1) is 10.2. The van der Waals surface area contributed by atoms with E-state index in [1.165, 1.54) is 0 Å². The van der Waals surface area contributed by atoms with Crippen LogP contribution >= 0.6 is 11.6 Å². The number of phenols is 1. The van der Waals surface area contributed by atoms with E-state index in [0.717, 1.165) is 6.07 Å². The highest BCUT2D eigenvalue weighted by Gasteiger charge is 2.16. The summed E-state index contributed by atoms with van der Waals surface area (Å²) in [6, 6.07) is 1.04. The summed E-state index contributed by atoms with van der Waals surface area (Å²) in [6.07, 6.45) is 0. The van der Waals surface area contributed by atoms with Gasteiger partial charge < -0.3 is 5.11 Å². The molecule has 0 saturated carbocycles. The van der Waals surface area contributed by atoms with Crippen molar-refractivity contribution >= 4 is 11.6 Å². The monoisotopic (exact) mass is 209 g/mol. The van der Waals surface area contributed by atoms with Gasteiger partial charge in [0.15, 0.2) is 11.6 Å². The van der Waals surface area contributed by atoms with Crippen LogP contribution in [-0.4, -0.2) is 5.11 Å². The molecule has 0 aliphatic heterocycles. The normalized spacial score (nSPS) is 10.5. The minimum atomic E-state index is -1.40. The van der Waals surface area contributed by atoms with Gasteiger partial charge in [0.1, 0.15) is 0 Å². The summed E-state index contributed by atoms with van der Waals surface area (Å²) < 4.78 is 25.7.